The average Bonchev–Trinajstić information content (AvgIpc) is 3.25. The number of nitrogens with zero attached hydrogens (tertiary/aromatic N) is 3. The fraction of sp³-hybridized carbons (Fsp3) is 0.607. The van der Waals surface area contributed by atoms with E-state index in [9.17, 15) is 14.4 Å². The SMILES string of the molecule is C[C@@H]1CCC[C@H](C)N1C(=O)C1CCCN(C2CCN(C(=O)c3c(NC(N)=O)sc4ccccc34)CC2)C1. The molecular formula is C28H39N5O3S. The molecule has 4 amide bonds. The molecule has 9 heteroatoms. The van der Waals surface area contributed by atoms with Crippen molar-refractivity contribution >= 4 is 44.3 Å². The van der Waals surface area contributed by atoms with Gasteiger partial charge in [-0.1, -0.05) is 18.2 Å². The molecule has 3 aliphatic rings. The molecule has 3 aliphatic heterocycles. The van der Waals surface area contributed by atoms with Crippen molar-refractivity contribution in [3.8, 4) is 0 Å². The Balaban J connectivity index is 1.23. The van der Waals surface area contributed by atoms with Crippen molar-refractivity contribution in [3.05, 3.63) is 29.8 Å². The molecule has 2 aromatic rings. The summed E-state index contributed by atoms with van der Waals surface area (Å²) in [6.07, 6.45) is 7.23. The zero-order valence-electron chi connectivity index (χ0n) is 21.9. The number of piperidine rings is 3. The summed E-state index contributed by atoms with van der Waals surface area (Å²) >= 11 is 1.38. The Bertz CT molecular complexity index is 1150. The number of amides is 4. The number of fused-ring (bicyclic) bond motifs is 1. The topological polar surface area (TPSA) is 99.0 Å². The highest BCUT2D eigenvalue weighted by Crippen LogP contribution is 2.37. The quantitative estimate of drug-likeness (QED) is 0.614. The Morgan fingerprint density at radius 1 is 0.946 bits per heavy atom. The highest BCUT2D eigenvalue weighted by molar-refractivity contribution is 7.23. The highest BCUT2D eigenvalue weighted by Gasteiger charge is 2.38. The number of hydrogen-bond donors (Lipinski definition) is 2. The molecule has 1 unspecified atom stereocenters. The molecule has 3 N–H and O–H groups in total. The molecule has 0 saturated carbocycles. The van der Waals surface area contributed by atoms with Crippen molar-refractivity contribution in [3.63, 3.8) is 0 Å². The van der Waals surface area contributed by atoms with Gasteiger partial charge < -0.3 is 15.5 Å². The Kier molecular flexibility index (Phi) is 7.72. The summed E-state index contributed by atoms with van der Waals surface area (Å²) in [6, 6.07) is 8.11. The van der Waals surface area contributed by atoms with Gasteiger partial charge in [0.2, 0.25) is 5.91 Å². The van der Waals surface area contributed by atoms with Crippen LogP contribution in [0, 0.1) is 5.92 Å². The van der Waals surface area contributed by atoms with Crippen LogP contribution in [0.5, 0.6) is 0 Å². The van der Waals surface area contributed by atoms with E-state index < -0.39 is 6.03 Å². The third kappa shape index (κ3) is 5.34. The van der Waals surface area contributed by atoms with Gasteiger partial charge in [0.1, 0.15) is 5.00 Å². The number of likely N-dealkylation sites (tertiary alicyclic amines) is 3. The number of carbonyl (C=O) groups is 3. The normalized spacial score (nSPS) is 25.8. The van der Waals surface area contributed by atoms with Gasteiger partial charge in [0.15, 0.2) is 0 Å². The number of benzene rings is 1. The van der Waals surface area contributed by atoms with Gasteiger partial charge in [-0.15, -0.1) is 11.3 Å². The fourth-order valence-corrected chi connectivity index (χ4v) is 7.75. The lowest BCUT2D eigenvalue weighted by Crippen LogP contribution is -2.55. The Hall–Kier alpha value is -2.65. The van der Waals surface area contributed by atoms with E-state index in [1.165, 1.54) is 17.8 Å². The second-order valence-corrected chi connectivity index (χ2v) is 12.1. The minimum absolute atomic E-state index is 0.0561. The van der Waals surface area contributed by atoms with E-state index in [0.29, 0.717) is 47.7 Å². The van der Waals surface area contributed by atoms with Crippen LogP contribution in [-0.4, -0.2) is 76.8 Å². The number of thiophene rings is 1. The molecular weight excluding hydrogens is 486 g/mol. The second-order valence-electron chi connectivity index (χ2n) is 11.0. The lowest BCUT2D eigenvalue weighted by atomic mass is 9.90. The molecule has 0 bridgehead atoms. The van der Waals surface area contributed by atoms with E-state index in [1.807, 2.05) is 29.2 Å². The number of carbonyl (C=O) groups excluding carboxylic acids is 3. The van der Waals surface area contributed by atoms with Crippen molar-refractivity contribution in [1.29, 1.82) is 0 Å². The molecule has 1 aromatic carbocycles. The van der Waals surface area contributed by atoms with Gasteiger partial charge in [-0.3, -0.25) is 19.8 Å². The van der Waals surface area contributed by atoms with Crippen LogP contribution in [0.25, 0.3) is 10.1 Å². The maximum absolute atomic E-state index is 13.6. The van der Waals surface area contributed by atoms with Crippen LogP contribution in [-0.2, 0) is 4.79 Å². The van der Waals surface area contributed by atoms with Crippen LogP contribution in [0.2, 0.25) is 0 Å². The minimum Gasteiger partial charge on any atom is -0.351 e. The van der Waals surface area contributed by atoms with Crippen molar-refractivity contribution in [2.45, 2.75) is 76.9 Å². The van der Waals surface area contributed by atoms with Gasteiger partial charge in [-0.2, -0.15) is 0 Å². The minimum atomic E-state index is -0.665. The molecule has 8 nitrogen and oxygen atoms in total. The summed E-state index contributed by atoms with van der Waals surface area (Å²) in [7, 11) is 0. The third-order valence-electron chi connectivity index (χ3n) is 8.56. The van der Waals surface area contributed by atoms with E-state index in [0.717, 1.165) is 61.7 Å². The van der Waals surface area contributed by atoms with Crippen LogP contribution >= 0.6 is 11.3 Å². The highest BCUT2D eigenvalue weighted by atomic mass is 32.1. The molecule has 1 aromatic heterocycles. The third-order valence-corrected chi connectivity index (χ3v) is 9.65. The van der Waals surface area contributed by atoms with Gasteiger partial charge in [0.25, 0.3) is 5.91 Å². The van der Waals surface area contributed by atoms with Crippen LogP contribution < -0.4 is 11.1 Å². The first-order valence-corrected chi connectivity index (χ1v) is 14.6. The van der Waals surface area contributed by atoms with E-state index in [2.05, 4.69) is 29.0 Å². The molecule has 0 spiro atoms. The summed E-state index contributed by atoms with van der Waals surface area (Å²) < 4.78 is 0.950. The number of urea groups is 1. The lowest BCUT2D eigenvalue weighted by Gasteiger charge is -2.45. The lowest BCUT2D eigenvalue weighted by molar-refractivity contribution is -0.144. The molecule has 0 radical (unpaired) electrons. The van der Waals surface area contributed by atoms with Crippen molar-refractivity contribution < 1.29 is 14.4 Å². The summed E-state index contributed by atoms with van der Waals surface area (Å²) in [5.74, 6) is 0.367. The molecule has 3 fully saturated rings. The molecule has 37 heavy (non-hydrogen) atoms. The van der Waals surface area contributed by atoms with Gasteiger partial charge in [0, 0.05) is 47.8 Å². The number of rotatable bonds is 4. The van der Waals surface area contributed by atoms with E-state index >= 15 is 0 Å². The Labute approximate surface area is 223 Å². The number of nitrogens with two attached hydrogens (primary N) is 1. The van der Waals surface area contributed by atoms with E-state index in [-0.39, 0.29) is 11.8 Å². The first kappa shape index (κ1) is 26.0. The van der Waals surface area contributed by atoms with Crippen LogP contribution in [0.1, 0.15) is 69.2 Å². The summed E-state index contributed by atoms with van der Waals surface area (Å²) in [6.45, 7) is 7.58. The van der Waals surface area contributed by atoms with Gasteiger partial charge >= 0.3 is 6.03 Å². The number of primary amides is 1. The molecule has 5 rings (SSSR count). The van der Waals surface area contributed by atoms with E-state index in [1.54, 1.807) is 0 Å². The standard InChI is InChI=1S/C28H39N5O3S/c1-18-7-5-8-19(2)33(18)26(34)20-9-6-14-32(17-20)21-12-15-31(16-13-21)27(35)24-22-10-3-4-11-23(22)37-25(24)30-28(29)36/h3-4,10-11,18-21H,5-9,12-17H2,1-2H3,(H3,29,30,36)/t18-,19+,20?. The Morgan fingerprint density at radius 3 is 2.35 bits per heavy atom. The zero-order chi connectivity index (χ0) is 26.1. The summed E-state index contributed by atoms with van der Waals surface area (Å²) in [5.41, 5.74) is 5.92. The molecule has 0 aliphatic carbocycles. The van der Waals surface area contributed by atoms with Crippen LogP contribution in [0.3, 0.4) is 0 Å². The summed E-state index contributed by atoms with van der Waals surface area (Å²) in [4.78, 5) is 45.3. The van der Waals surface area contributed by atoms with Gasteiger partial charge in [-0.05, 0) is 71.4 Å². The van der Waals surface area contributed by atoms with Gasteiger partial charge in [0.05, 0.1) is 11.5 Å². The van der Waals surface area contributed by atoms with E-state index in [4.69, 9.17) is 5.73 Å². The number of hydrogen-bond acceptors (Lipinski definition) is 5. The van der Waals surface area contributed by atoms with Crippen molar-refractivity contribution in [1.82, 2.24) is 14.7 Å². The van der Waals surface area contributed by atoms with Crippen LogP contribution in [0.4, 0.5) is 9.80 Å². The molecule has 3 saturated heterocycles. The largest absolute Gasteiger partial charge is 0.351 e. The maximum Gasteiger partial charge on any atom is 0.317 e. The summed E-state index contributed by atoms with van der Waals surface area (Å²) in [5, 5.41) is 4.02. The maximum atomic E-state index is 13.6. The first-order valence-electron chi connectivity index (χ1n) is 13.8. The molecule has 3 atom stereocenters. The fourth-order valence-electron chi connectivity index (χ4n) is 6.66. The first-order chi connectivity index (χ1) is 17.8. The second kappa shape index (κ2) is 11.0. The van der Waals surface area contributed by atoms with Crippen molar-refractivity contribution in [2.24, 2.45) is 11.7 Å². The molecule has 200 valence electrons. The predicted octanol–water partition coefficient (Wildman–Crippen LogP) is 4.50. The Morgan fingerprint density at radius 2 is 1.65 bits per heavy atom. The molecule has 4 heterocycles. The van der Waals surface area contributed by atoms with Crippen LogP contribution in [0.15, 0.2) is 24.3 Å². The smallest absolute Gasteiger partial charge is 0.317 e. The average molecular weight is 526 g/mol. The number of nitrogens with one attached hydrogen (secondary N) is 1. The zero-order valence-corrected chi connectivity index (χ0v) is 22.8. The predicted molar refractivity (Wildman–Crippen MR) is 148 cm³/mol. The monoisotopic (exact) mass is 525 g/mol. The van der Waals surface area contributed by atoms with Gasteiger partial charge in [-0.25, -0.2) is 4.79 Å². The number of anilines is 1. The van der Waals surface area contributed by atoms with Crippen molar-refractivity contribution in [2.75, 3.05) is 31.5 Å².